The number of rotatable bonds is 5. The predicted octanol–water partition coefficient (Wildman–Crippen LogP) is 2.85. The van der Waals surface area contributed by atoms with E-state index in [1.165, 1.54) is 42.0 Å². The average molecular weight is 349 g/mol. The van der Waals surface area contributed by atoms with E-state index in [0.29, 0.717) is 21.9 Å². The standard InChI is InChI=1S/C15H12FN3O4S/c1-19-13-9(8-17-15(18-13)24-23-21-2)7-12(14(19)20)22-11-5-3-10(16)4-6-11/h3-8H,1-2H3. The molecule has 0 unspecified atom stereocenters. The molecule has 7 nitrogen and oxygen atoms in total. The summed E-state index contributed by atoms with van der Waals surface area (Å²) in [6.07, 6.45) is 1.54. The minimum Gasteiger partial charge on any atom is -0.452 e. The highest BCUT2D eigenvalue weighted by Crippen LogP contribution is 2.23. The lowest BCUT2D eigenvalue weighted by Crippen LogP contribution is -2.19. The van der Waals surface area contributed by atoms with Gasteiger partial charge in [0, 0.05) is 18.6 Å². The van der Waals surface area contributed by atoms with Crippen molar-refractivity contribution in [2.45, 2.75) is 5.16 Å². The second-order valence-corrected chi connectivity index (χ2v) is 5.35. The third kappa shape index (κ3) is 3.37. The van der Waals surface area contributed by atoms with Crippen molar-refractivity contribution in [2.75, 3.05) is 7.11 Å². The van der Waals surface area contributed by atoms with Gasteiger partial charge in [0.15, 0.2) is 5.75 Å². The maximum Gasteiger partial charge on any atom is 0.294 e. The van der Waals surface area contributed by atoms with Gasteiger partial charge in [-0.1, -0.05) is 0 Å². The Morgan fingerprint density at radius 3 is 2.71 bits per heavy atom. The van der Waals surface area contributed by atoms with Crippen molar-refractivity contribution >= 4 is 23.1 Å². The van der Waals surface area contributed by atoms with Gasteiger partial charge in [-0.3, -0.25) is 9.36 Å². The smallest absolute Gasteiger partial charge is 0.294 e. The number of nitrogens with zero attached hydrogens (tertiary/aromatic N) is 3. The van der Waals surface area contributed by atoms with Gasteiger partial charge < -0.3 is 4.74 Å². The molecule has 0 spiro atoms. The van der Waals surface area contributed by atoms with Crippen LogP contribution in [0, 0.1) is 5.82 Å². The molecule has 0 aliphatic rings. The lowest BCUT2D eigenvalue weighted by molar-refractivity contribution is -0.160. The predicted molar refractivity (Wildman–Crippen MR) is 85.2 cm³/mol. The van der Waals surface area contributed by atoms with Gasteiger partial charge in [-0.25, -0.2) is 19.2 Å². The summed E-state index contributed by atoms with van der Waals surface area (Å²) in [7, 11) is 2.93. The summed E-state index contributed by atoms with van der Waals surface area (Å²) in [6, 6.07) is 6.92. The van der Waals surface area contributed by atoms with Crippen molar-refractivity contribution in [3.8, 4) is 11.5 Å². The largest absolute Gasteiger partial charge is 0.452 e. The fraction of sp³-hybridized carbons (Fsp3) is 0.133. The molecule has 0 bridgehead atoms. The number of hydrogen-bond acceptors (Lipinski definition) is 7. The Morgan fingerprint density at radius 2 is 2.00 bits per heavy atom. The third-order valence-corrected chi connectivity index (χ3v) is 3.66. The first-order valence-corrected chi connectivity index (χ1v) is 7.50. The van der Waals surface area contributed by atoms with Gasteiger partial charge in [-0.15, -0.1) is 0 Å². The number of pyridine rings is 1. The summed E-state index contributed by atoms with van der Waals surface area (Å²) in [5.41, 5.74) is 0.0396. The Bertz CT molecular complexity index is 930. The summed E-state index contributed by atoms with van der Waals surface area (Å²) in [4.78, 5) is 25.2. The van der Waals surface area contributed by atoms with Crippen LogP contribution in [0.15, 0.2) is 46.5 Å². The molecule has 124 valence electrons. The zero-order valence-electron chi connectivity index (χ0n) is 12.7. The topological polar surface area (TPSA) is 75.5 Å². The Morgan fingerprint density at radius 1 is 1.25 bits per heavy atom. The molecule has 0 saturated heterocycles. The van der Waals surface area contributed by atoms with Crippen molar-refractivity contribution in [3.05, 3.63) is 52.7 Å². The highest BCUT2D eigenvalue weighted by molar-refractivity contribution is 7.94. The molecule has 3 aromatic rings. The maximum absolute atomic E-state index is 12.9. The van der Waals surface area contributed by atoms with Crippen LogP contribution in [0.4, 0.5) is 4.39 Å². The van der Waals surface area contributed by atoms with Gasteiger partial charge in [0.05, 0.1) is 7.11 Å². The van der Waals surface area contributed by atoms with E-state index in [9.17, 15) is 9.18 Å². The first-order chi connectivity index (χ1) is 11.6. The van der Waals surface area contributed by atoms with E-state index >= 15 is 0 Å². The SMILES string of the molecule is COOSc1ncc2cc(Oc3ccc(F)cc3)c(=O)n(C)c2n1. The van der Waals surface area contributed by atoms with Gasteiger partial charge in [0.1, 0.15) is 29.3 Å². The molecule has 24 heavy (non-hydrogen) atoms. The van der Waals surface area contributed by atoms with Crippen molar-refractivity contribution < 1.29 is 18.3 Å². The van der Waals surface area contributed by atoms with Crippen molar-refractivity contribution in [3.63, 3.8) is 0 Å². The summed E-state index contributed by atoms with van der Waals surface area (Å²) in [5, 5.41) is 0.905. The van der Waals surface area contributed by atoms with E-state index in [4.69, 9.17) is 9.07 Å². The first kappa shape index (κ1) is 16.4. The van der Waals surface area contributed by atoms with Crippen LogP contribution in [0.25, 0.3) is 11.0 Å². The number of benzene rings is 1. The van der Waals surface area contributed by atoms with E-state index in [-0.39, 0.29) is 17.1 Å². The fourth-order valence-electron chi connectivity index (χ4n) is 2.01. The van der Waals surface area contributed by atoms with Crippen molar-refractivity contribution in [2.24, 2.45) is 7.05 Å². The maximum atomic E-state index is 12.9. The van der Waals surface area contributed by atoms with Crippen molar-refractivity contribution in [1.29, 1.82) is 0 Å². The zero-order valence-corrected chi connectivity index (χ0v) is 13.5. The second-order valence-electron chi connectivity index (χ2n) is 4.68. The Kier molecular flexibility index (Phi) is 4.74. The molecule has 0 fully saturated rings. The number of hydrogen-bond donors (Lipinski definition) is 0. The van der Waals surface area contributed by atoms with Crippen LogP contribution in [-0.4, -0.2) is 21.6 Å². The number of fused-ring (bicyclic) bond motifs is 1. The van der Waals surface area contributed by atoms with Gasteiger partial charge >= 0.3 is 0 Å². The molecule has 9 heteroatoms. The molecule has 0 amide bonds. The number of aromatic nitrogens is 3. The highest BCUT2D eigenvalue weighted by Gasteiger charge is 2.12. The zero-order chi connectivity index (χ0) is 17.1. The van der Waals surface area contributed by atoms with E-state index in [2.05, 4.69) is 14.9 Å². The second kappa shape index (κ2) is 6.95. The van der Waals surface area contributed by atoms with E-state index in [1.807, 2.05) is 0 Å². The Hall–Kier alpha value is -2.49. The van der Waals surface area contributed by atoms with Crippen LogP contribution < -0.4 is 10.3 Å². The molecule has 0 saturated carbocycles. The molecule has 0 aliphatic carbocycles. The van der Waals surface area contributed by atoms with E-state index in [0.717, 1.165) is 12.0 Å². The van der Waals surface area contributed by atoms with Gasteiger partial charge in [0.2, 0.25) is 5.16 Å². The first-order valence-electron chi connectivity index (χ1n) is 6.76. The Labute approximate surface area is 140 Å². The lowest BCUT2D eigenvalue weighted by Gasteiger charge is -2.09. The molecule has 3 rings (SSSR count). The summed E-state index contributed by atoms with van der Waals surface area (Å²) >= 11 is 0.831. The molecule has 0 atom stereocenters. The van der Waals surface area contributed by atoms with Crippen molar-refractivity contribution in [1.82, 2.24) is 14.5 Å². The molecule has 2 heterocycles. The minimum absolute atomic E-state index is 0.0914. The minimum atomic E-state index is -0.384. The normalized spacial score (nSPS) is 11.0. The summed E-state index contributed by atoms with van der Waals surface area (Å²) in [5.74, 6) is 0.0636. The quantitative estimate of drug-likeness (QED) is 0.303. The van der Waals surface area contributed by atoms with Gasteiger partial charge in [0.25, 0.3) is 5.56 Å². The van der Waals surface area contributed by atoms with E-state index < -0.39 is 0 Å². The third-order valence-electron chi connectivity index (χ3n) is 3.11. The Balaban J connectivity index is 1.99. The molecular weight excluding hydrogens is 337 g/mol. The lowest BCUT2D eigenvalue weighted by atomic mass is 10.3. The van der Waals surface area contributed by atoms with Crippen LogP contribution in [0.2, 0.25) is 0 Å². The fourth-order valence-corrected chi connectivity index (χ4v) is 2.36. The van der Waals surface area contributed by atoms with Crippen LogP contribution >= 0.6 is 12.0 Å². The molecule has 1 aromatic carbocycles. The van der Waals surface area contributed by atoms with Gasteiger partial charge in [-0.05, 0) is 30.3 Å². The number of halogens is 1. The van der Waals surface area contributed by atoms with Gasteiger partial charge in [-0.2, -0.15) is 4.33 Å². The highest BCUT2D eigenvalue weighted by atomic mass is 32.2. The summed E-state index contributed by atoms with van der Waals surface area (Å²) in [6.45, 7) is 0. The van der Waals surface area contributed by atoms with Crippen LogP contribution in [0.1, 0.15) is 0 Å². The van der Waals surface area contributed by atoms with Crippen LogP contribution in [0.5, 0.6) is 11.5 Å². The molecule has 2 aromatic heterocycles. The van der Waals surface area contributed by atoms with Crippen LogP contribution in [0.3, 0.4) is 0 Å². The monoisotopic (exact) mass is 349 g/mol. The number of ether oxygens (including phenoxy) is 1. The average Bonchev–Trinajstić information content (AvgIpc) is 2.60. The van der Waals surface area contributed by atoms with Crippen LogP contribution in [-0.2, 0) is 16.3 Å². The van der Waals surface area contributed by atoms with E-state index in [1.54, 1.807) is 13.2 Å². The molecule has 0 N–H and O–H groups in total. The molecular formula is C15H12FN3O4S. The number of aryl methyl sites for hydroxylation is 1. The summed E-state index contributed by atoms with van der Waals surface area (Å²) < 4.78 is 24.5. The molecule has 0 aliphatic heterocycles. The molecule has 0 radical (unpaired) electrons.